The molecule has 37 heavy (non-hydrogen) atoms. The van der Waals surface area contributed by atoms with E-state index in [4.69, 9.17) is 0 Å². The summed E-state index contributed by atoms with van der Waals surface area (Å²) in [5.74, 6) is 1.27. The molecule has 2 unspecified atom stereocenters. The van der Waals surface area contributed by atoms with E-state index in [1.54, 1.807) is 22.3 Å². The first-order valence-corrected chi connectivity index (χ1v) is 18.3. The Labute approximate surface area is 228 Å². The molecule has 184 valence electrons. The molecule has 0 fully saturated rings. The molecule has 2 atom stereocenters. The first kappa shape index (κ1) is 24.3. The van der Waals surface area contributed by atoms with Crippen LogP contribution in [0.3, 0.4) is 0 Å². The Kier molecular flexibility index (Phi) is 7.02. The van der Waals surface area contributed by atoms with Crippen LogP contribution in [0, 0.1) is 0 Å². The molecule has 0 aromatic heterocycles. The molecule has 4 aromatic carbocycles. The van der Waals surface area contributed by atoms with Crippen molar-refractivity contribution in [1.29, 1.82) is 0 Å². The molecule has 0 aliphatic heterocycles. The molecule has 2 aliphatic rings. The first-order chi connectivity index (χ1) is 18.3. The van der Waals surface area contributed by atoms with Gasteiger partial charge >= 0.3 is 229 Å². The van der Waals surface area contributed by atoms with Crippen LogP contribution in [0.2, 0.25) is 10.5 Å². The number of rotatable bonds is 8. The zero-order chi connectivity index (χ0) is 25.2. The Morgan fingerprint density at radius 1 is 0.514 bits per heavy atom. The SMILES string of the molecule is CCC1=Cc2c(-c3ccccc3)cccc2C1[CH2][GeH2][CH2]C1C(CC)=Cc2c(-c3ccccc3)cccc21. The summed E-state index contributed by atoms with van der Waals surface area (Å²) < 4.78 is 0. The topological polar surface area (TPSA) is 0 Å². The molecule has 4 aromatic rings. The van der Waals surface area contributed by atoms with Crippen LogP contribution in [0.5, 0.6) is 0 Å². The van der Waals surface area contributed by atoms with Crippen molar-refractivity contribution in [3.63, 3.8) is 0 Å². The first-order valence-electron chi connectivity index (χ1n) is 14.1. The van der Waals surface area contributed by atoms with Gasteiger partial charge in [-0.1, -0.05) is 0 Å². The molecule has 0 saturated heterocycles. The van der Waals surface area contributed by atoms with Crippen molar-refractivity contribution in [1.82, 2.24) is 0 Å². The second-order valence-corrected chi connectivity index (χ2v) is 14.4. The van der Waals surface area contributed by atoms with Crippen molar-refractivity contribution in [3.8, 4) is 22.3 Å². The van der Waals surface area contributed by atoms with Crippen LogP contribution < -0.4 is 0 Å². The average Bonchev–Trinajstić information content (AvgIpc) is 3.51. The average molecular weight is 541 g/mol. The zero-order valence-corrected chi connectivity index (χ0v) is 25.0. The van der Waals surface area contributed by atoms with Crippen molar-refractivity contribution in [2.24, 2.45) is 0 Å². The Morgan fingerprint density at radius 3 is 1.35 bits per heavy atom. The predicted octanol–water partition coefficient (Wildman–Crippen LogP) is 9.51. The summed E-state index contributed by atoms with van der Waals surface area (Å²) in [5, 5.41) is 2.83. The van der Waals surface area contributed by atoms with E-state index in [1.165, 1.54) is 43.9 Å². The summed E-state index contributed by atoms with van der Waals surface area (Å²) in [5.41, 5.74) is 14.9. The van der Waals surface area contributed by atoms with E-state index in [9.17, 15) is 0 Å². The van der Waals surface area contributed by atoms with E-state index in [2.05, 4.69) is 123 Å². The van der Waals surface area contributed by atoms with Crippen molar-refractivity contribution in [2.75, 3.05) is 0 Å². The molecule has 0 nitrogen and oxygen atoms in total. The van der Waals surface area contributed by atoms with Gasteiger partial charge in [0.1, 0.15) is 0 Å². The van der Waals surface area contributed by atoms with E-state index in [0.717, 1.165) is 12.8 Å². The van der Waals surface area contributed by atoms with Crippen LogP contribution in [-0.2, 0) is 0 Å². The van der Waals surface area contributed by atoms with E-state index in [-0.39, 0.29) is 0 Å². The Hall–Kier alpha value is -3.10. The second-order valence-electron chi connectivity index (χ2n) is 10.5. The second kappa shape index (κ2) is 10.7. The standard InChI is InChI=1S/C36H36Ge/c1-3-25-21-33-29(27-13-7-5-8-14-27)17-11-19-31(33)35(25)23-37-24-36-26(4-2)22-34-30(18-12-20-32(34)36)28-15-9-6-10-16-28/h5-22,35-36H,3-4,23-24,37H2,1-2H3. The van der Waals surface area contributed by atoms with Gasteiger partial charge in [-0.25, -0.2) is 0 Å². The van der Waals surface area contributed by atoms with Crippen LogP contribution in [0.15, 0.2) is 108 Å². The quantitative estimate of drug-likeness (QED) is 0.195. The third-order valence-corrected chi connectivity index (χ3v) is 12.7. The number of hydrogen-bond donors (Lipinski definition) is 0. The van der Waals surface area contributed by atoms with Crippen LogP contribution in [-0.4, -0.2) is 15.4 Å². The summed E-state index contributed by atoms with van der Waals surface area (Å²) >= 11 is -0.760. The predicted molar refractivity (Wildman–Crippen MR) is 164 cm³/mol. The summed E-state index contributed by atoms with van der Waals surface area (Å²) in [7, 11) is 0. The van der Waals surface area contributed by atoms with Gasteiger partial charge in [0.15, 0.2) is 0 Å². The van der Waals surface area contributed by atoms with E-state index in [0.29, 0.717) is 11.8 Å². The summed E-state index contributed by atoms with van der Waals surface area (Å²) in [4.78, 5) is 0. The molecule has 0 radical (unpaired) electrons. The molecule has 2 aliphatic carbocycles. The Bertz CT molecular complexity index is 1350. The number of allylic oxidation sites excluding steroid dienone is 2. The van der Waals surface area contributed by atoms with Crippen molar-refractivity contribution in [3.05, 3.63) is 130 Å². The van der Waals surface area contributed by atoms with Crippen LogP contribution >= 0.6 is 0 Å². The molecule has 0 saturated carbocycles. The number of benzene rings is 4. The summed E-state index contributed by atoms with van der Waals surface area (Å²) in [6, 6.07) is 35.8. The van der Waals surface area contributed by atoms with Crippen LogP contribution in [0.1, 0.15) is 60.8 Å². The molecule has 0 N–H and O–H groups in total. The molecule has 1 heteroatoms. The maximum atomic E-state index is 2.53. The van der Waals surface area contributed by atoms with Gasteiger partial charge in [-0.2, -0.15) is 0 Å². The molecule has 0 amide bonds. The monoisotopic (exact) mass is 542 g/mol. The summed E-state index contributed by atoms with van der Waals surface area (Å²) in [6.45, 7) is 4.69. The minimum atomic E-state index is -0.760. The Balaban J connectivity index is 1.24. The van der Waals surface area contributed by atoms with Gasteiger partial charge in [0.2, 0.25) is 0 Å². The maximum absolute atomic E-state index is 2.53. The van der Waals surface area contributed by atoms with Gasteiger partial charge in [-0.15, -0.1) is 0 Å². The normalized spacial score (nSPS) is 18.1. The van der Waals surface area contributed by atoms with Crippen LogP contribution in [0.25, 0.3) is 34.4 Å². The third kappa shape index (κ3) is 4.57. The van der Waals surface area contributed by atoms with E-state index in [1.807, 2.05) is 0 Å². The molecule has 0 heterocycles. The minimum absolute atomic E-state index is 0.634. The van der Waals surface area contributed by atoms with Gasteiger partial charge in [0.05, 0.1) is 0 Å². The molecular weight excluding hydrogens is 505 g/mol. The van der Waals surface area contributed by atoms with Gasteiger partial charge in [0, 0.05) is 0 Å². The number of hydrogen-bond acceptors (Lipinski definition) is 0. The van der Waals surface area contributed by atoms with Crippen molar-refractivity contribution < 1.29 is 0 Å². The fourth-order valence-electron chi connectivity index (χ4n) is 6.71. The fourth-order valence-corrected chi connectivity index (χ4v) is 11.8. The van der Waals surface area contributed by atoms with Crippen molar-refractivity contribution >= 4 is 27.6 Å². The van der Waals surface area contributed by atoms with Crippen molar-refractivity contribution in [2.45, 2.75) is 49.0 Å². The number of fused-ring (bicyclic) bond motifs is 2. The Morgan fingerprint density at radius 2 is 0.946 bits per heavy atom. The van der Waals surface area contributed by atoms with E-state index >= 15 is 0 Å². The molecular formula is C36H36Ge. The molecule has 0 bridgehead atoms. The third-order valence-electron chi connectivity index (χ3n) is 8.56. The van der Waals surface area contributed by atoms with Gasteiger partial charge in [0.25, 0.3) is 0 Å². The van der Waals surface area contributed by atoms with Gasteiger partial charge < -0.3 is 0 Å². The van der Waals surface area contributed by atoms with Crippen LogP contribution in [0.4, 0.5) is 0 Å². The molecule has 0 spiro atoms. The van der Waals surface area contributed by atoms with E-state index < -0.39 is 15.4 Å². The molecule has 6 rings (SSSR count). The van der Waals surface area contributed by atoms with Gasteiger partial charge in [-0.05, 0) is 0 Å². The van der Waals surface area contributed by atoms with Gasteiger partial charge in [-0.3, -0.25) is 0 Å². The zero-order valence-electron chi connectivity index (χ0n) is 22.1. The fraction of sp³-hybridized carbons (Fsp3) is 0.222. The summed E-state index contributed by atoms with van der Waals surface area (Å²) in [6.07, 6.45) is 7.36.